The Morgan fingerprint density at radius 1 is 1.83 bits per heavy atom. The summed E-state index contributed by atoms with van der Waals surface area (Å²) in [5.74, 6) is 0. The molecule has 0 heterocycles. The van der Waals surface area contributed by atoms with Crippen molar-refractivity contribution in [1.82, 2.24) is 0 Å². The van der Waals surface area contributed by atoms with Gasteiger partial charge in [0.05, 0.1) is 18.5 Å². The van der Waals surface area contributed by atoms with Gasteiger partial charge in [-0.3, -0.25) is 0 Å². The van der Waals surface area contributed by atoms with Crippen molar-refractivity contribution in [2.24, 2.45) is 0 Å². The number of hydrogen-bond donors (Lipinski definition) is 0. The van der Waals surface area contributed by atoms with Crippen LogP contribution in [0.15, 0.2) is 0 Å². The minimum absolute atomic E-state index is 0. The molecule has 0 bridgehead atoms. The fourth-order valence-electron chi connectivity index (χ4n) is 0. The van der Waals surface area contributed by atoms with Gasteiger partial charge in [-0.1, -0.05) is 0 Å². The Bertz CT molecular complexity index is 46.1. The van der Waals surface area contributed by atoms with Gasteiger partial charge in [0.25, 0.3) is 0 Å². The Kier molecular flexibility index (Phi) is 9.97. The average Bonchev–Trinajstić information content (AvgIpc) is 1.38. The molecule has 6 heavy (non-hydrogen) atoms. The van der Waals surface area contributed by atoms with Gasteiger partial charge in [-0.05, 0) is 0 Å². The zero-order chi connectivity index (χ0) is 4.28. The molecular formula is CH3O3SZr-. The van der Waals surface area contributed by atoms with Crippen molar-refractivity contribution >= 4 is 11.4 Å². The van der Waals surface area contributed by atoms with E-state index in [1.54, 1.807) is 0 Å². The predicted octanol–water partition coefficient (Wildman–Crippen LogP) is -0.576. The van der Waals surface area contributed by atoms with Crippen LogP contribution in [0.2, 0.25) is 0 Å². The van der Waals surface area contributed by atoms with Gasteiger partial charge in [-0.15, -0.1) is 0 Å². The second kappa shape index (κ2) is 5.95. The van der Waals surface area contributed by atoms with E-state index in [2.05, 4.69) is 4.18 Å². The molecule has 36 valence electrons. The SMILES string of the molecule is COS(=O)[O-].[Zr]. The summed E-state index contributed by atoms with van der Waals surface area (Å²) in [5.41, 5.74) is 0. The van der Waals surface area contributed by atoms with Crippen LogP contribution in [0, 0.1) is 0 Å². The molecule has 5 heteroatoms. The third-order valence-electron chi connectivity index (χ3n) is 0.136. The summed E-state index contributed by atoms with van der Waals surface area (Å²) in [6.45, 7) is 0. The first-order chi connectivity index (χ1) is 2.27. The van der Waals surface area contributed by atoms with Crippen LogP contribution in [0.1, 0.15) is 0 Å². The molecule has 1 atom stereocenters. The summed E-state index contributed by atoms with van der Waals surface area (Å²) in [5, 5.41) is 0. The van der Waals surface area contributed by atoms with Crippen LogP contribution in [0.25, 0.3) is 0 Å². The van der Waals surface area contributed by atoms with E-state index in [9.17, 15) is 0 Å². The van der Waals surface area contributed by atoms with E-state index in [0.717, 1.165) is 7.11 Å². The van der Waals surface area contributed by atoms with Crippen LogP contribution in [0.4, 0.5) is 0 Å². The van der Waals surface area contributed by atoms with E-state index >= 15 is 0 Å². The van der Waals surface area contributed by atoms with Gasteiger partial charge >= 0.3 is 0 Å². The second-order valence-electron chi connectivity index (χ2n) is 0.371. The van der Waals surface area contributed by atoms with Gasteiger partial charge in [0.2, 0.25) is 0 Å². The van der Waals surface area contributed by atoms with E-state index < -0.39 is 11.4 Å². The van der Waals surface area contributed by atoms with Crippen LogP contribution >= 0.6 is 0 Å². The molecule has 3 nitrogen and oxygen atoms in total. The Hall–Kier alpha value is 0.953. The predicted molar refractivity (Wildman–Crippen MR) is 15.9 cm³/mol. The Balaban J connectivity index is 0. The second-order valence-corrected chi connectivity index (χ2v) is 1.11. The molecule has 0 aliphatic rings. The fourth-order valence-corrected chi connectivity index (χ4v) is 0. The van der Waals surface area contributed by atoms with E-state index in [-0.39, 0.29) is 26.2 Å². The van der Waals surface area contributed by atoms with Crippen molar-refractivity contribution in [3.8, 4) is 0 Å². The minimum Gasteiger partial charge on any atom is -0.750 e. The van der Waals surface area contributed by atoms with Gasteiger partial charge in [0, 0.05) is 26.2 Å². The van der Waals surface area contributed by atoms with Gasteiger partial charge in [0.15, 0.2) is 0 Å². The monoisotopic (exact) mass is 185 g/mol. The first-order valence-corrected chi connectivity index (χ1v) is 1.91. The zero-order valence-electron chi connectivity index (χ0n) is 3.13. The third kappa shape index (κ3) is 8.88. The molecule has 0 aliphatic carbocycles. The summed E-state index contributed by atoms with van der Waals surface area (Å²) >= 11 is -2.32. The molecule has 0 aromatic carbocycles. The van der Waals surface area contributed by atoms with Crippen LogP contribution in [0.5, 0.6) is 0 Å². The van der Waals surface area contributed by atoms with Crippen molar-refractivity contribution in [3.63, 3.8) is 0 Å². The van der Waals surface area contributed by atoms with Gasteiger partial charge in [-0.2, -0.15) is 0 Å². The molecule has 0 amide bonds. The Morgan fingerprint density at radius 3 is 2.00 bits per heavy atom. The molecule has 0 aromatic rings. The molecule has 0 saturated carbocycles. The summed E-state index contributed by atoms with van der Waals surface area (Å²) in [4.78, 5) is 0. The van der Waals surface area contributed by atoms with Crippen LogP contribution < -0.4 is 0 Å². The maximum Gasteiger partial charge on any atom is 0.0839 e. The molecule has 0 spiro atoms. The van der Waals surface area contributed by atoms with E-state index in [1.807, 2.05) is 0 Å². The summed E-state index contributed by atoms with van der Waals surface area (Å²) in [7, 11) is 1.09. The molecule has 1 unspecified atom stereocenters. The standard InChI is InChI=1S/CH4O3S.Zr/c1-4-5(2)3;/h1H3,(H,2,3);/p-1. The molecule has 0 N–H and O–H groups in total. The topological polar surface area (TPSA) is 49.4 Å². The fraction of sp³-hybridized carbons (Fsp3) is 1.00. The van der Waals surface area contributed by atoms with E-state index in [4.69, 9.17) is 8.76 Å². The molecule has 0 radical (unpaired) electrons. The van der Waals surface area contributed by atoms with Crippen molar-refractivity contribution in [3.05, 3.63) is 0 Å². The van der Waals surface area contributed by atoms with Crippen molar-refractivity contribution < 1.29 is 39.1 Å². The zero-order valence-corrected chi connectivity index (χ0v) is 6.41. The summed E-state index contributed by atoms with van der Waals surface area (Å²) in [6.07, 6.45) is 0. The normalized spacial score (nSPS) is 12.3. The van der Waals surface area contributed by atoms with Gasteiger partial charge < -0.3 is 8.74 Å². The van der Waals surface area contributed by atoms with Crippen molar-refractivity contribution in [2.75, 3.05) is 7.11 Å². The Labute approximate surface area is 57.7 Å². The smallest absolute Gasteiger partial charge is 0.0839 e. The molecule has 0 fully saturated rings. The summed E-state index contributed by atoms with van der Waals surface area (Å²) < 4.78 is 22.0. The maximum absolute atomic E-state index is 9.15. The minimum atomic E-state index is -2.32. The first kappa shape index (κ1) is 10.0. The largest absolute Gasteiger partial charge is 0.750 e. The first-order valence-electron chi connectivity index (χ1n) is 0.908. The molecule has 0 saturated heterocycles. The number of rotatable bonds is 1. The van der Waals surface area contributed by atoms with Gasteiger partial charge in [0.1, 0.15) is 0 Å². The van der Waals surface area contributed by atoms with Gasteiger partial charge in [-0.25, -0.2) is 4.21 Å². The summed E-state index contributed by atoms with van der Waals surface area (Å²) in [6, 6.07) is 0. The number of hydrogen-bond acceptors (Lipinski definition) is 3. The van der Waals surface area contributed by atoms with Crippen LogP contribution in [-0.4, -0.2) is 15.9 Å². The maximum atomic E-state index is 9.15. The van der Waals surface area contributed by atoms with Crippen molar-refractivity contribution in [2.45, 2.75) is 0 Å². The third-order valence-corrected chi connectivity index (χ3v) is 0.408. The van der Waals surface area contributed by atoms with Crippen LogP contribution in [-0.2, 0) is 41.7 Å². The molecule has 0 aliphatic heterocycles. The van der Waals surface area contributed by atoms with Crippen LogP contribution in [0.3, 0.4) is 0 Å². The Morgan fingerprint density at radius 2 is 2.00 bits per heavy atom. The van der Waals surface area contributed by atoms with E-state index in [1.165, 1.54) is 0 Å². The molecule has 0 rings (SSSR count). The average molecular weight is 186 g/mol. The van der Waals surface area contributed by atoms with Crippen molar-refractivity contribution in [1.29, 1.82) is 0 Å². The quantitative estimate of drug-likeness (QED) is 0.515. The molecular weight excluding hydrogens is 183 g/mol. The van der Waals surface area contributed by atoms with E-state index in [0.29, 0.717) is 0 Å². The molecule has 0 aromatic heterocycles.